The van der Waals surface area contributed by atoms with Gasteiger partial charge in [0.15, 0.2) is 5.82 Å². The van der Waals surface area contributed by atoms with Crippen molar-refractivity contribution in [3.8, 4) is 5.88 Å². The van der Waals surface area contributed by atoms with E-state index in [1.54, 1.807) is 13.3 Å². The lowest BCUT2D eigenvalue weighted by atomic mass is 10.1. The molecule has 0 bridgehead atoms. The summed E-state index contributed by atoms with van der Waals surface area (Å²) in [6, 6.07) is 3.73. The van der Waals surface area contributed by atoms with E-state index in [2.05, 4.69) is 19.9 Å². The zero-order valence-electron chi connectivity index (χ0n) is 13.3. The molecule has 0 spiro atoms. The van der Waals surface area contributed by atoms with Gasteiger partial charge in [-0.3, -0.25) is 4.90 Å². The molecule has 0 unspecified atom stereocenters. The molecule has 0 amide bonds. The van der Waals surface area contributed by atoms with Crippen molar-refractivity contribution in [1.29, 1.82) is 0 Å². The van der Waals surface area contributed by atoms with Crippen molar-refractivity contribution in [2.45, 2.75) is 19.4 Å². The van der Waals surface area contributed by atoms with Crippen LogP contribution in [0.15, 0.2) is 36.9 Å². The van der Waals surface area contributed by atoms with Crippen molar-refractivity contribution >= 4 is 5.57 Å². The molecule has 1 saturated heterocycles. The lowest BCUT2D eigenvalue weighted by molar-refractivity contribution is 0.330. The first kappa shape index (κ1) is 15.4. The van der Waals surface area contributed by atoms with Crippen LogP contribution >= 0.6 is 0 Å². The van der Waals surface area contributed by atoms with E-state index in [1.165, 1.54) is 19.0 Å². The summed E-state index contributed by atoms with van der Waals surface area (Å²) in [5, 5.41) is 0. The summed E-state index contributed by atoms with van der Waals surface area (Å²) >= 11 is 0. The summed E-state index contributed by atoms with van der Waals surface area (Å²) in [6.45, 7) is 3.21. The largest absolute Gasteiger partial charge is 0.481 e. The minimum atomic E-state index is 0.508. The van der Waals surface area contributed by atoms with Crippen LogP contribution in [0.5, 0.6) is 5.88 Å². The first-order valence-electron chi connectivity index (χ1n) is 7.76. The summed E-state index contributed by atoms with van der Waals surface area (Å²) in [5.74, 6) is 1.08. The van der Waals surface area contributed by atoms with Crippen molar-refractivity contribution < 1.29 is 4.74 Å². The molecule has 2 aromatic rings. The number of hydrogen-bond acceptors (Lipinski definition) is 6. The molecule has 0 aliphatic carbocycles. The number of nitrogens with two attached hydrogens (primary N) is 1. The standard InChI is InChI=1S/C17H21N5O/c1-23-17-14(5-4-6-19-17)15(9-18)16-20-10-13(11-21-16)12-22-7-2-3-8-22/h4-6,9-11H,2-3,7-8,12,18H2,1H3/b15-9-. The molecule has 1 aliphatic heterocycles. The smallest absolute Gasteiger partial charge is 0.221 e. The van der Waals surface area contributed by atoms with Crippen molar-refractivity contribution in [2.75, 3.05) is 20.2 Å². The van der Waals surface area contributed by atoms with Gasteiger partial charge in [-0.05, 0) is 38.1 Å². The normalized spacial score (nSPS) is 15.8. The van der Waals surface area contributed by atoms with Crippen LogP contribution < -0.4 is 10.5 Å². The first-order valence-corrected chi connectivity index (χ1v) is 7.76. The first-order chi connectivity index (χ1) is 11.3. The average Bonchev–Trinajstić information content (AvgIpc) is 3.10. The van der Waals surface area contributed by atoms with Crippen LogP contribution in [-0.4, -0.2) is 40.1 Å². The van der Waals surface area contributed by atoms with Crippen molar-refractivity contribution in [3.63, 3.8) is 0 Å². The van der Waals surface area contributed by atoms with E-state index in [1.807, 2.05) is 24.5 Å². The lowest BCUT2D eigenvalue weighted by Gasteiger charge is -2.14. The molecule has 1 fully saturated rings. The van der Waals surface area contributed by atoms with Crippen molar-refractivity contribution in [3.05, 3.63) is 53.9 Å². The number of rotatable bonds is 5. The fourth-order valence-electron chi connectivity index (χ4n) is 2.82. The van der Waals surface area contributed by atoms with Gasteiger partial charge >= 0.3 is 0 Å². The molecule has 6 nitrogen and oxygen atoms in total. The van der Waals surface area contributed by atoms with Gasteiger partial charge in [0.25, 0.3) is 0 Å². The van der Waals surface area contributed by atoms with Crippen LogP contribution in [0.1, 0.15) is 29.8 Å². The summed E-state index contributed by atoms with van der Waals surface area (Å²) in [7, 11) is 1.58. The Hall–Kier alpha value is -2.47. The van der Waals surface area contributed by atoms with Crippen LogP contribution in [0, 0.1) is 0 Å². The Kier molecular flexibility index (Phi) is 4.83. The summed E-state index contributed by atoms with van der Waals surface area (Å²) in [5.41, 5.74) is 8.41. The van der Waals surface area contributed by atoms with Gasteiger partial charge in [0.2, 0.25) is 5.88 Å². The maximum atomic E-state index is 5.80. The molecule has 2 aromatic heterocycles. The van der Waals surface area contributed by atoms with Crippen LogP contribution in [-0.2, 0) is 6.54 Å². The molecular weight excluding hydrogens is 290 g/mol. The number of methoxy groups -OCH3 is 1. The number of hydrogen-bond donors (Lipinski definition) is 1. The van der Waals surface area contributed by atoms with Crippen molar-refractivity contribution in [1.82, 2.24) is 19.9 Å². The summed E-state index contributed by atoms with van der Waals surface area (Å²) in [4.78, 5) is 15.6. The zero-order valence-corrected chi connectivity index (χ0v) is 13.3. The molecule has 0 atom stereocenters. The van der Waals surface area contributed by atoms with Gasteiger partial charge in [0.05, 0.1) is 7.11 Å². The second-order valence-corrected chi connectivity index (χ2v) is 5.54. The Morgan fingerprint density at radius 1 is 1.26 bits per heavy atom. The van der Waals surface area contributed by atoms with Gasteiger partial charge < -0.3 is 10.5 Å². The Labute approximate surface area is 136 Å². The molecule has 0 aromatic carbocycles. The maximum absolute atomic E-state index is 5.80. The summed E-state index contributed by atoms with van der Waals surface area (Å²) < 4.78 is 5.29. The van der Waals surface area contributed by atoms with Crippen LogP contribution in [0.2, 0.25) is 0 Å². The van der Waals surface area contributed by atoms with Gasteiger partial charge in [-0.15, -0.1) is 0 Å². The predicted molar refractivity (Wildman–Crippen MR) is 88.6 cm³/mol. The SMILES string of the molecule is COc1ncccc1/C(=C/N)c1ncc(CN2CCCC2)cn1. The Balaban J connectivity index is 1.81. The average molecular weight is 311 g/mol. The molecule has 0 saturated carbocycles. The minimum absolute atomic E-state index is 0.508. The number of nitrogens with zero attached hydrogens (tertiary/aromatic N) is 4. The van der Waals surface area contributed by atoms with Crippen LogP contribution in [0.4, 0.5) is 0 Å². The topological polar surface area (TPSA) is 77.2 Å². The monoisotopic (exact) mass is 311 g/mol. The molecule has 2 N–H and O–H groups in total. The van der Waals surface area contributed by atoms with E-state index >= 15 is 0 Å². The van der Waals surface area contributed by atoms with Crippen molar-refractivity contribution in [2.24, 2.45) is 5.73 Å². The molecular formula is C17H21N5O. The highest BCUT2D eigenvalue weighted by Gasteiger charge is 2.15. The third kappa shape index (κ3) is 3.48. The second kappa shape index (κ2) is 7.19. The summed E-state index contributed by atoms with van der Waals surface area (Å²) in [6.07, 6.45) is 9.46. The van der Waals surface area contributed by atoms with Gasteiger partial charge in [-0.2, -0.15) is 0 Å². The highest BCUT2D eigenvalue weighted by molar-refractivity contribution is 5.78. The van der Waals surface area contributed by atoms with Gasteiger partial charge in [0.1, 0.15) is 0 Å². The van der Waals surface area contributed by atoms with E-state index < -0.39 is 0 Å². The number of aromatic nitrogens is 3. The third-order valence-corrected chi connectivity index (χ3v) is 3.97. The second-order valence-electron chi connectivity index (χ2n) is 5.54. The molecule has 23 heavy (non-hydrogen) atoms. The van der Waals surface area contributed by atoms with E-state index in [0.29, 0.717) is 17.3 Å². The van der Waals surface area contributed by atoms with Crippen LogP contribution in [0.25, 0.3) is 5.57 Å². The molecule has 120 valence electrons. The zero-order chi connectivity index (χ0) is 16.1. The number of pyridine rings is 1. The Bertz CT molecular complexity index is 678. The molecule has 1 aliphatic rings. The third-order valence-electron chi connectivity index (χ3n) is 3.97. The Morgan fingerprint density at radius 3 is 2.65 bits per heavy atom. The van der Waals surface area contributed by atoms with E-state index in [0.717, 1.165) is 30.8 Å². The number of likely N-dealkylation sites (tertiary alicyclic amines) is 1. The highest BCUT2D eigenvalue weighted by atomic mass is 16.5. The van der Waals surface area contributed by atoms with Gasteiger partial charge in [-0.25, -0.2) is 15.0 Å². The van der Waals surface area contributed by atoms with E-state index in [9.17, 15) is 0 Å². The molecule has 3 heterocycles. The fourth-order valence-corrected chi connectivity index (χ4v) is 2.82. The van der Waals surface area contributed by atoms with Gasteiger partial charge in [0, 0.05) is 48.0 Å². The van der Waals surface area contributed by atoms with E-state index in [-0.39, 0.29) is 0 Å². The molecule has 0 radical (unpaired) electrons. The highest BCUT2D eigenvalue weighted by Crippen LogP contribution is 2.26. The number of ether oxygens (including phenoxy) is 1. The predicted octanol–water partition coefficient (Wildman–Crippen LogP) is 1.82. The minimum Gasteiger partial charge on any atom is -0.481 e. The Morgan fingerprint density at radius 2 is 2.00 bits per heavy atom. The molecule has 6 heteroatoms. The van der Waals surface area contributed by atoms with Gasteiger partial charge in [-0.1, -0.05) is 0 Å². The fraction of sp³-hybridized carbons (Fsp3) is 0.353. The van der Waals surface area contributed by atoms with Crippen LogP contribution in [0.3, 0.4) is 0 Å². The maximum Gasteiger partial charge on any atom is 0.221 e. The molecule has 3 rings (SSSR count). The quantitative estimate of drug-likeness (QED) is 0.907. The van der Waals surface area contributed by atoms with E-state index in [4.69, 9.17) is 10.5 Å². The lowest BCUT2D eigenvalue weighted by Crippen LogP contribution is -2.18.